The zero-order chi connectivity index (χ0) is 15.8. The van der Waals surface area contributed by atoms with Gasteiger partial charge in [0.05, 0.1) is 18.4 Å². The largest absolute Gasteiger partial charge is 0.411 e. The van der Waals surface area contributed by atoms with Gasteiger partial charge in [0.2, 0.25) is 0 Å². The van der Waals surface area contributed by atoms with Gasteiger partial charge < -0.3 is 15.3 Å². The van der Waals surface area contributed by atoms with Gasteiger partial charge in [0.1, 0.15) is 0 Å². The second kappa shape index (κ2) is 8.20. The normalized spacial score (nSPS) is 12.9. The van der Waals surface area contributed by atoms with Crippen molar-refractivity contribution < 1.29 is 9.94 Å². The molecule has 2 aromatic carbocycles. The fourth-order valence-electron chi connectivity index (χ4n) is 2.38. The van der Waals surface area contributed by atoms with Crippen molar-refractivity contribution in [3.05, 3.63) is 54.6 Å². The molecular weight excluding hydrogens is 276 g/mol. The topological polar surface area (TPSA) is 53.9 Å². The number of rotatable bonds is 7. The fourth-order valence-corrected chi connectivity index (χ4v) is 2.38. The molecule has 4 heteroatoms. The average molecular weight is 298 g/mol. The van der Waals surface area contributed by atoms with Crippen molar-refractivity contribution in [2.45, 2.75) is 19.4 Å². The Hall–Kier alpha value is -2.33. The number of anilines is 1. The van der Waals surface area contributed by atoms with Gasteiger partial charge in [-0.3, -0.25) is 0 Å². The Bertz CT molecular complexity index is 594. The van der Waals surface area contributed by atoms with E-state index in [2.05, 4.69) is 46.9 Å². The standard InChI is InChI=1S/C18H22N2O2/c1-14(20-21)12-18(13-22-2)19-17-10-8-16(9-11-17)15-6-4-3-5-7-15/h3-11,18-19,21H,12-13H2,1-2H3/b20-14+. The second-order valence-corrected chi connectivity index (χ2v) is 5.28. The molecule has 2 aromatic rings. The first kappa shape index (κ1) is 16.0. The predicted octanol–water partition coefficient (Wildman–Crippen LogP) is 4.02. The van der Waals surface area contributed by atoms with E-state index in [9.17, 15) is 0 Å². The molecule has 116 valence electrons. The first-order chi connectivity index (χ1) is 10.7. The number of oxime groups is 1. The highest BCUT2D eigenvalue weighted by Gasteiger charge is 2.10. The first-order valence-electron chi connectivity index (χ1n) is 7.31. The molecule has 2 N–H and O–H groups in total. The summed E-state index contributed by atoms with van der Waals surface area (Å²) >= 11 is 0. The van der Waals surface area contributed by atoms with Crippen LogP contribution < -0.4 is 5.32 Å². The van der Waals surface area contributed by atoms with Gasteiger partial charge in [0.25, 0.3) is 0 Å². The summed E-state index contributed by atoms with van der Waals surface area (Å²) in [5.41, 5.74) is 4.08. The quantitative estimate of drug-likeness (QED) is 0.461. The zero-order valence-corrected chi connectivity index (χ0v) is 13.0. The summed E-state index contributed by atoms with van der Waals surface area (Å²) in [6.45, 7) is 2.34. The molecule has 1 atom stereocenters. The molecule has 0 aromatic heterocycles. The summed E-state index contributed by atoms with van der Waals surface area (Å²) < 4.78 is 5.22. The van der Waals surface area contributed by atoms with Crippen LogP contribution in [0.3, 0.4) is 0 Å². The molecule has 0 amide bonds. The lowest BCUT2D eigenvalue weighted by atomic mass is 10.1. The summed E-state index contributed by atoms with van der Waals surface area (Å²) in [6, 6.07) is 18.6. The summed E-state index contributed by atoms with van der Waals surface area (Å²) in [6.07, 6.45) is 0.630. The molecule has 22 heavy (non-hydrogen) atoms. The van der Waals surface area contributed by atoms with Gasteiger partial charge in [0.15, 0.2) is 0 Å². The Morgan fingerprint density at radius 2 is 1.73 bits per heavy atom. The van der Waals surface area contributed by atoms with Gasteiger partial charge in [-0.1, -0.05) is 47.6 Å². The zero-order valence-electron chi connectivity index (χ0n) is 13.0. The molecule has 0 radical (unpaired) electrons. The Morgan fingerprint density at radius 1 is 1.09 bits per heavy atom. The molecule has 0 spiro atoms. The predicted molar refractivity (Wildman–Crippen MR) is 90.7 cm³/mol. The SMILES string of the molecule is COCC(C/C(C)=N/O)Nc1ccc(-c2ccccc2)cc1. The van der Waals surface area contributed by atoms with Crippen LogP contribution in [0.25, 0.3) is 11.1 Å². The highest BCUT2D eigenvalue weighted by Crippen LogP contribution is 2.21. The van der Waals surface area contributed by atoms with Crippen LogP contribution in [0.15, 0.2) is 59.8 Å². The van der Waals surface area contributed by atoms with E-state index in [1.54, 1.807) is 14.0 Å². The number of nitrogens with zero attached hydrogens (tertiary/aromatic N) is 1. The summed E-state index contributed by atoms with van der Waals surface area (Å²) in [4.78, 5) is 0. The van der Waals surface area contributed by atoms with Crippen molar-refractivity contribution in [1.82, 2.24) is 0 Å². The highest BCUT2D eigenvalue weighted by atomic mass is 16.5. The number of benzene rings is 2. The van der Waals surface area contributed by atoms with E-state index < -0.39 is 0 Å². The maximum atomic E-state index is 8.80. The van der Waals surface area contributed by atoms with E-state index in [1.165, 1.54) is 11.1 Å². The van der Waals surface area contributed by atoms with Crippen LogP contribution in [0.4, 0.5) is 5.69 Å². The van der Waals surface area contributed by atoms with Crippen molar-refractivity contribution in [2.75, 3.05) is 19.0 Å². The lowest BCUT2D eigenvalue weighted by Crippen LogP contribution is -2.27. The van der Waals surface area contributed by atoms with E-state index in [0.717, 1.165) is 5.69 Å². The Kier molecular flexibility index (Phi) is 5.98. The number of nitrogens with one attached hydrogen (secondary N) is 1. The van der Waals surface area contributed by atoms with Crippen molar-refractivity contribution in [3.8, 4) is 11.1 Å². The molecule has 0 aliphatic heterocycles. The van der Waals surface area contributed by atoms with E-state index in [1.807, 2.05) is 18.2 Å². The van der Waals surface area contributed by atoms with Crippen molar-refractivity contribution in [2.24, 2.45) is 5.16 Å². The maximum Gasteiger partial charge on any atom is 0.0667 e. The molecule has 2 rings (SSSR count). The van der Waals surface area contributed by atoms with Crippen molar-refractivity contribution in [1.29, 1.82) is 0 Å². The average Bonchev–Trinajstić information content (AvgIpc) is 2.56. The van der Waals surface area contributed by atoms with Crippen LogP contribution in [0, 0.1) is 0 Å². The molecule has 0 bridgehead atoms. The third-order valence-corrected chi connectivity index (χ3v) is 3.44. The van der Waals surface area contributed by atoms with Gasteiger partial charge in [-0.25, -0.2) is 0 Å². The minimum atomic E-state index is 0.0727. The van der Waals surface area contributed by atoms with E-state index >= 15 is 0 Å². The number of ether oxygens (including phenoxy) is 1. The maximum absolute atomic E-state index is 8.80. The Morgan fingerprint density at radius 3 is 2.32 bits per heavy atom. The van der Waals surface area contributed by atoms with E-state index in [-0.39, 0.29) is 6.04 Å². The smallest absolute Gasteiger partial charge is 0.0667 e. The number of hydrogen-bond acceptors (Lipinski definition) is 4. The summed E-state index contributed by atoms with van der Waals surface area (Å²) in [7, 11) is 1.67. The van der Waals surface area contributed by atoms with Crippen molar-refractivity contribution in [3.63, 3.8) is 0 Å². The summed E-state index contributed by atoms with van der Waals surface area (Å²) in [5, 5.41) is 15.4. The molecular formula is C18H22N2O2. The van der Waals surface area contributed by atoms with Crippen molar-refractivity contribution >= 4 is 11.4 Å². The van der Waals surface area contributed by atoms with E-state index in [0.29, 0.717) is 18.7 Å². The molecule has 0 saturated carbocycles. The van der Waals surface area contributed by atoms with E-state index in [4.69, 9.17) is 9.94 Å². The third kappa shape index (κ3) is 4.60. The van der Waals surface area contributed by atoms with Crippen LogP contribution in [0.2, 0.25) is 0 Å². The van der Waals surface area contributed by atoms with Crippen LogP contribution in [0.5, 0.6) is 0 Å². The Labute approximate surface area is 131 Å². The number of methoxy groups -OCH3 is 1. The monoisotopic (exact) mass is 298 g/mol. The van der Waals surface area contributed by atoms with Gasteiger partial charge in [0, 0.05) is 19.2 Å². The first-order valence-corrected chi connectivity index (χ1v) is 7.31. The molecule has 0 aliphatic carbocycles. The van der Waals surface area contributed by atoms with Gasteiger partial charge in [-0.15, -0.1) is 0 Å². The third-order valence-electron chi connectivity index (χ3n) is 3.44. The Balaban J connectivity index is 2.06. The lowest BCUT2D eigenvalue weighted by molar-refractivity contribution is 0.187. The minimum Gasteiger partial charge on any atom is -0.411 e. The molecule has 4 nitrogen and oxygen atoms in total. The fraction of sp³-hybridized carbons (Fsp3) is 0.278. The molecule has 1 unspecified atom stereocenters. The van der Waals surface area contributed by atoms with Crippen LogP contribution in [0.1, 0.15) is 13.3 Å². The number of hydrogen-bond donors (Lipinski definition) is 2. The molecule has 0 aliphatic rings. The van der Waals surface area contributed by atoms with Crippen LogP contribution in [-0.4, -0.2) is 30.7 Å². The highest BCUT2D eigenvalue weighted by molar-refractivity contribution is 5.82. The summed E-state index contributed by atoms with van der Waals surface area (Å²) in [5.74, 6) is 0. The van der Waals surface area contributed by atoms with Gasteiger partial charge in [-0.05, 0) is 30.2 Å². The van der Waals surface area contributed by atoms with Gasteiger partial charge >= 0.3 is 0 Å². The van der Waals surface area contributed by atoms with Gasteiger partial charge in [-0.2, -0.15) is 0 Å². The van der Waals surface area contributed by atoms with Crippen LogP contribution in [-0.2, 0) is 4.74 Å². The lowest BCUT2D eigenvalue weighted by Gasteiger charge is -2.19. The molecule has 0 saturated heterocycles. The molecule has 0 heterocycles. The second-order valence-electron chi connectivity index (χ2n) is 5.28. The minimum absolute atomic E-state index is 0.0727. The molecule has 0 fully saturated rings. The van der Waals surface area contributed by atoms with Crippen LogP contribution >= 0.6 is 0 Å².